The van der Waals surface area contributed by atoms with Crippen molar-refractivity contribution in [1.29, 1.82) is 0 Å². The fraction of sp³-hybridized carbons (Fsp3) is 0.400. The molecule has 1 aliphatic carbocycles. The van der Waals surface area contributed by atoms with E-state index in [1.54, 1.807) is 0 Å². The first kappa shape index (κ1) is 9.40. The van der Waals surface area contributed by atoms with E-state index in [1.165, 1.54) is 0 Å². The third-order valence-corrected chi connectivity index (χ3v) is 2.45. The Kier molecular flexibility index (Phi) is 2.15. The molecule has 2 nitrogen and oxygen atoms in total. The van der Waals surface area contributed by atoms with Crippen molar-refractivity contribution >= 4 is 5.69 Å². The van der Waals surface area contributed by atoms with Crippen molar-refractivity contribution in [3.63, 3.8) is 0 Å². The molecule has 0 aromatic heterocycles. The number of hydrogen-bond donors (Lipinski definition) is 2. The summed E-state index contributed by atoms with van der Waals surface area (Å²) in [6, 6.07) is 3.34. The summed E-state index contributed by atoms with van der Waals surface area (Å²) in [5, 5.41) is 2.82. The summed E-state index contributed by atoms with van der Waals surface area (Å²) in [7, 11) is 0. The second-order valence-electron chi connectivity index (χ2n) is 3.84. The van der Waals surface area contributed by atoms with Crippen LogP contribution in [-0.2, 0) is 0 Å². The van der Waals surface area contributed by atoms with Gasteiger partial charge in [0.2, 0.25) is 0 Å². The van der Waals surface area contributed by atoms with Crippen molar-refractivity contribution in [3.05, 3.63) is 29.8 Å². The maximum atomic E-state index is 13.1. The summed E-state index contributed by atoms with van der Waals surface area (Å²) < 4.78 is 25.8. The number of anilines is 1. The monoisotopic (exact) mass is 198 g/mol. The summed E-state index contributed by atoms with van der Waals surface area (Å²) in [5.74, 6) is -0.897. The molecule has 0 unspecified atom stereocenters. The molecule has 0 aliphatic heterocycles. The van der Waals surface area contributed by atoms with Crippen molar-refractivity contribution in [2.45, 2.75) is 18.4 Å². The molecule has 1 fully saturated rings. The molecule has 0 atom stereocenters. The van der Waals surface area contributed by atoms with Crippen LogP contribution in [0.3, 0.4) is 0 Å². The first-order valence-electron chi connectivity index (χ1n) is 4.57. The summed E-state index contributed by atoms with van der Waals surface area (Å²) in [5.41, 5.74) is 5.78. The molecule has 0 bridgehead atoms. The fourth-order valence-electron chi connectivity index (χ4n) is 1.24. The summed E-state index contributed by atoms with van der Waals surface area (Å²) in [6.45, 7) is 0.493. The van der Waals surface area contributed by atoms with Crippen LogP contribution in [0, 0.1) is 11.6 Å². The summed E-state index contributed by atoms with van der Waals surface area (Å²) >= 11 is 0. The van der Waals surface area contributed by atoms with E-state index in [0.29, 0.717) is 6.54 Å². The van der Waals surface area contributed by atoms with Crippen molar-refractivity contribution in [3.8, 4) is 0 Å². The van der Waals surface area contributed by atoms with Crippen LogP contribution in [0.5, 0.6) is 0 Å². The molecule has 3 N–H and O–H groups in total. The first-order valence-corrected chi connectivity index (χ1v) is 4.57. The Morgan fingerprint density at radius 2 is 2.07 bits per heavy atom. The highest BCUT2D eigenvalue weighted by Gasteiger charge is 2.37. The van der Waals surface area contributed by atoms with E-state index in [1.807, 2.05) is 0 Å². The van der Waals surface area contributed by atoms with E-state index >= 15 is 0 Å². The van der Waals surface area contributed by atoms with Gasteiger partial charge in [0.15, 0.2) is 0 Å². The molecule has 0 radical (unpaired) electrons. The van der Waals surface area contributed by atoms with Crippen LogP contribution in [-0.4, -0.2) is 12.1 Å². The van der Waals surface area contributed by atoms with Crippen LogP contribution in [0.2, 0.25) is 0 Å². The minimum absolute atomic E-state index is 0.182. The second-order valence-corrected chi connectivity index (χ2v) is 3.84. The molecule has 1 saturated carbocycles. The van der Waals surface area contributed by atoms with Gasteiger partial charge in [-0.05, 0) is 31.0 Å². The zero-order valence-corrected chi connectivity index (χ0v) is 7.69. The van der Waals surface area contributed by atoms with Crippen LogP contribution in [0.1, 0.15) is 12.8 Å². The van der Waals surface area contributed by atoms with Crippen LogP contribution < -0.4 is 11.1 Å². The second kappa shape index (κ2) is 3.20. The van der Waals surface area contributed by atoms with Gasteiger partial charge in [0.25, 0.3) is 0 Å². The van der Waals surface area contributed by atoms with Gasteiger partial charge < -0.3 is 11.1 Å². The maximum absolute atomic E-state index is 13.1. The maximum Gasteiger partial charge on any atom is 0.146 e. The summed E-state index contributed by atoms with van der Waals surface area (Å²) in [4.78, 5) is 0. The number of benzene rings is 1. The van der Waals surface area contributed by atoms with Crippen LogP contribution in [0.25, 0.3) is 0 Å². The van der Waals surface area contributed by atoms with E-state index in [9.17, 15) is 8.78 Å². The quantitative estimate of drug-likeness (QED) is 0.778. The first-order chi connectivity index (χ1) is 6.59. The molecule has 1 aromatic rings. The number of rotatable bonds is 3. The Bertz CT molecular complexity index is 348. The Morgan fingerprint density at radius 3 is 2.71 bits per heavy atom. The van der Waals surface area contributed by atoms with Gasteiger partial charge in [0.1, 0.15) is 11.6 Å². The molecule has 14 heavy (non-hydrogen) atoms. The molecular weight excluding hydrogens is 186 g/mol. The molecule has 1 aromatic carbocycles. The van der Waals surface area contributed by atoms with Crippen molar-refractivity contribution in [1.82, 2.24) is 0 Å². The van der Waals surface area contributed by atoms with E-state index in [4.69, 9.17) is 5.73 Å². The smallest absolute Gasteiger partial charge is 0.146 e. The lowest BCUT2D eigenvalue weighted by molar-refractivity contribution is 0.600. The Hall–Kier alpha value is -1.16. The van der Waals surface area contributed by atoms with Gasteiger partial charge in [-0.25, -0.2) is 8.78 Å². The average molecular weight is 198 g/mol. The molecular formula is C10H12F2N2. The van der Waals surface area contributed by atoms with E-state index in [2.05, 4.69) is 5.32 Å². The van der Waals surface area contributed by atoms with Crippen molar-refractivity contribution < 1.29 is 8.78 Å². The van der Waals surface area contributed by atoms with Crippen molar-refractivity contribution in [2.24, 2.45) is 5.73 Å². The molecule has 0 saturated heterocycles. The standard InChI is InChI=1S/C10H12F2N2/c11-7-1-2-8(12)9(5-7)14-6-10(13)3-4-10/h1-2,5,14H,3-4,6,13H2. The topological polar surface area (TPSA) is 38.0 Å². The molecule has 2 rings (SSSR count). The van der Waals surface area contributed by atoms with Crippen molar-refractivity contribution in [2.75, 3.05) is 11.9 Å². The van der Waals surface area contributed by atoms with Gasteiger partial charge in [-0.15, -0.1) is 0 Å². The van der Waals surface area contributed by atoms with Gasteiger partial charge in [0, 0.05) is 12.1 Å². The van der Waals surface area contributed by atoms with Crippen LogP contribution >= 0.6 is 0 Å². The fourth-order valence-corrected chi connectivity index (χ4v) is 1.24. The van der Waals surface area contributed by atoms with Gasteiger partial charge in [-0.3, -0.25) is 0 Å². The Balaban J connectivity index is 2.04. The van der Waals surface area contributed by atoms with E-state index in [-0.39, 0.29) is 11.2 Å². The number of hydrogen-bond acceptors (Lipinski definition) is 2. The number of nitrogens with two attached hydrogens (primary N) is 1. The molecule has 0 spiro atoms. The normalized spacial score (nSPS) is 17.9. The zero-order valence-electron chi connectivity index (χ0n) is 7.69. The zero-order chi connectivity index (χ0) is 10.2. The molecule has 4 heteroatoms. The highest BCUT2D eigenvalue weighted by molar-refractivity contribution is 5.45. The third kappa shape index (κ3) is 2.01. The van der Waals surface area contributed by atoms with Crippen LogP contribution in [0.4, 0.5) is 14.5 Å². The predicted octanol–water partition coefficient (Wildman–Crippen LogP) is 1.87. The SMILES string of the molecule is NC1(CNc2cc(F)ccc2F)CC1. The average Bonchev–Trinajstić information content (AvgIpc) is 2.87. The molecule has 76 valence electrons. The summed E-state index contributed by atoms with van der Waals surface area (Å²) in [6.07, 6.45) is 1.88. The highest BCUT2D eigenvalue weighted by atomic mass is 19.1. The highest BCUT2D eigenvalue weighted by Crippen LogP contribution is 2.32. The van der Waals surface area contributed by atoms with E-state index in [0.717, 1.165) is 31.0 Å². The molecule has 0 amide bonds. The largest absolute Gasteiger partial charge is 0.381 e. The Labute approximate surface area is 81.1 Å². The number of halogens is 2. The lowest BCUT2D eigenvalue weighted by atomic mass is 10.2. The minimum atomic E-state index is -0.448. The third-order valence-electron chi connectivity index (χ3n) is 2.45. The Morgan fingerprint density at radius 1 is 1.36 bits per heavy atom. The number of nitrogens with one attached hydrogen (secondary N) is 1. The van der Waals surface area contributed by atoms with Crippen LogP contribution in [0.15, 0.2) is 18.2 Å². The van der Waals surface area contributed by atoms with Gasteiger partial charge in [-0.2, -0.15) is 0 Å². The lowest BCUT2D eigenvalue weighted by Gasteiger charge is -2.11. The molecule has 0 heterocycles. The van der Waals surface area contributed by atoms with Gasteiger partial charge >= 0.3 is 0 Å². The lowest BCUT2D eigenvalue weighted by Crippen LogP contribution is -2.31. The minimum Gasteiger partial charge on any atom is -0.381 e. The molecule has 1 aliphatic rings. The van der Waals surface area contributed by atoms with E-state index < -0.39 is 11.6 Å². The predicted molar refractivity (Wildman–Crippen MR) is 51.0 cm³/mol. The van der Waals surface area contributed by atoms with Gasteiger partial charge in [0.05, 0.1) is 5.69 Å². The van der Waals surface area contributed by atoms with Gasteiger partial charge in [-0.1, -0.05) is 0 Å².